The van der Waals surface area contributed by atoms with E-state index < -0.39 is 0 Å². The van der Waals surface area contributed by atoms with Gasteiger partial charge in [0.25, 0.3) is 0 Å². The Bertz CT molecular complexity index is 318. The van der Waals surface area contributed by atoms with Gasteiger partial charge in [-0.3, -0.25) is 0 Å². The van der Waals surface area contributed by atoms with Gasteiger partial charge in [-0.1, -0.05) is 18.2 Å². The lowest BCUT2D eigenvalue weighted by Gasteiger charge is -2.21. The highest BCUT2D eigenvalue weighted by atomic mass is 15.0. The Morgan fingerprint density at radius 1 is 1.36 bits per heavy atom. The van der Waals surface area contributed by atoms with Crippen molar-refractivity contribution in [1.29, 1.82) is 0 Å². The molecule has 2 heteroatoms. The smallest absolute Gasteiger partial charge is 0.0230 e. The average molecular weight is 190 g/mol. The van der Waals surface area contributed by atoms with Gasteiger partial charge in [-0.05, 0) is 43.8 Å². The van der Waals surface area contributed by atoms with E-state index in [0.29, 0.717) is 0 Å². The third-order valence-electron chi connectivity index (χ3n) is 2.72. The summed E-state index contributed by atoms with van der Waals surface area (Å²) in [5, 5.41) is 3.41. The number of benzene rings is 1. The van der Waals surface area contributed by atoms with Gasteiger partial charge in [0, 0.05) is 13.1 Å². The molecule has 0 spiro atoms. The van der Waals surface area contributed by atoms with Crippen molar-refractivity contribution in [1.82, 2.24) is 10.2 Å². The van der Waals surface area contributed by atoms with Gasteiger partial charge in [0.05, 0.1) is 0 Å². The molecule has 0 aliphatic carbocycles. The van der Waals surface area contributed by atoms with Gasteiger partial charge in [0.1, 0.15) is 0 Å². The highest BCUT2D eigenvalue weighted by Gasteiger charge is 2.12. The highest BCUT2D eigenvalue weighted by molar-refractivity contribution is 5.36. The van der Waals surface area contributed by atoms with Gasteiger partial charge >= 0.3 is 0 Å². The highest BCUT2D eigenvalue weighted by Crippen LogP contribution is 2.19. The standard InChI is InChI=1S/C12H18N2/c1-14(2)9-11-5-3-4-10-8-13-7-6-12(10)11/h3-5,13H,6-9H2,1-2H3. The third kappa shape index (κ3) is 1.97. The molecule has 0 aromatic heterocycles. The molecule has 1 N–H and O–H groups in total. The van der Waals surface area contributed by atoms with E-state index in [4.69, 9.17) is 0 Å². The van der Waals surface area contributed by atoms with Gasteiger partial charge < -0.3 is 10.2 Å². The molecule has 1 heterocycles. The first kappa shape index (κ1) is 9.69. The van der Waals surface area contributed by atoms with Crippen molar-refractivity contribution in [3.63, 3.8) is 0 Å². The third-order valence-corrected chi connectivity index (χ3v) is 2.72. The Kier molecular flexibility index (Phi) is 2.85. The van der Waals surface area contributed by atoms with E-state index in [1.807, 2.05) is 0 Å². The SMILES string of the molecule is CN(C)Cc1cccc2c1CCNC2. The Labute approximate surface area is 85.9 Å². The van der Waals surface area contributed by atoms with Crippen LogP contribution in [0.3, 0.4) is 0 Å². The Morgan fingerprint density at radius 2 is 2.21 bits per heavy atom. The molecule has 14 heavy (non-hydrogen) atoms. The molecule has 0 amide bonds. The van der Waals surface area contributed by atoms with Crippen molar-refractivity contribution >= 4 is 0 Å². The van der Waals surface area contributed by atoms with Crippen LogP contribution in [0.1, 0.15) is 16.7 Å². The maximum absolute atomic E-state index is 3.41. The summed E-state index contributed by atoms with van der Waals surface area (Å²) in [5.41, 5.74) is 4.55. The molecule has 2 nitrogen and oxygen atoms in total. The first-order valence-electron chi connectivity index (χ1n) is 5.22. The maximum Gasteiger partial charge on any atom is 0.0230 e. The molecule has 0 unspecified atom stereocenters. The fourth-order valence-electron chi connectivity index (χ4n) is 2.10. The summed E-state index contributed by atoms with van der Waals surface area (Å²) in [4.78, 5) is 2.23. The summed E-state index contributed by atoms with van der Waals surface area (Å²) in [5.74, 6) is 0. The molecule has 1 aromatic carbocycles. The van der Waals surface area contributed by atoms with Crippen molar-refractivity contribution < 1.29 is 0 Å². The molecule has 0 bridgehead atoms. The van der Waals surface area contributed by atoms with Gasteiger partial charge in [0.2, 0.25) is 0 Å². The molecule has 2 rings (SSSR count). The van der Waals surface area contributed by atoms with E-state index in [1.165, 1.54) is 17.5 Å². The van der Waals surface area contributed by atoms with Crippen LogP contribution in [0.5, 0.6) is 0 Å². The predicted octanol–water partition coefficient (Wildman–Crippen LogP) is 1.39. The molecule has 0 atom stereocenters. The van der Waals surface area contributed by atoms with E-state index in [0.717, 1.165) is 19.6 Å². The van der Waals surface area contributed by atoms with E-state index in [2.05, 4.69) is 42.5 Å². The van der Waals surface area contributed by atoms with E-state index in [9.17, 15) is 0 Å². The van der Waals surface area contributed by atoms with Crippen molar-refractivity contribution in [3.8, 4) is 0 Å². The fraction of sp³-hybridized carbons (Fsp3) is 0.500. The van der Waals surface area contributed by atoms with Crippen molar-refractivity contribution in [3.05, 3.63) is 34.9 Å². The zero-order chi connectivity index (χ0) is 9.97. The number of hydrogen-bond donors (Lipinski definition) is 1. The second kappa shape index (κ2) is 4.11. The van der Waals surface area contributed by atoms with Gasteiger partial charge in [0.15, 0.2) is 0 Å². The number of rotatable bonds is 2. The van der Waals surface area contributed by atoms with Crippen LogP contribution >= 0.6 is 0 Å². The molecule has 0 radical (unpaired) electrons. The normalized spacial score (nSPS) is 15.6. The van der Waals surface area contributed by atoms with E-state index in [-0.39, 0.29) is 0 Å². The van der Waals surface area contributed by atoms with Gasteiger partial charge in [-0.15, -0.1) is 0 Å². The summed E-state index contributed by atoms with van der Waals surface area (Å²) in [7, 11) is 4.25. The van der Waals surface area contributed by atoms with Crippen LogP contribution in [-0.4, -0.2) is 25.5 Å². The Balaban J connectivity index is 2.30. The molecule has 1 aliphatic heterocycles. The lowest BCUT2D eigenvalue weighted by atomic mass is 9.95. The molecule has 1 aliphatic rings. The minimum Gasteiger partial charge on any atom is -0.312 e. The summed E-state index contributed by atoms with van der Waals surface area (Å²) in [6.07, 6.45) is 1.18. The zero-order valence-electron chi connectivity index (χ0n) is 9.01. The lowest BCUT2D eigenvalue weighted by Crippen LogP contribution is -2.25. The quantitative estimate of drug-likeness (QED) is 0.758. The fourth-order valence-corrected chi connectivity index (χ4v) is 2.10. The summed E-state index contributed by atoms with van der Waals surface area (Å²) in [6.45, 7) is 3.22. The Morgan fingerprint density at radius 3 is 3.00 bits per heavy atom. The topological polar surface area (TPSA) is 15.3 Å². The molecule has 0 fully saturated rings. The van der Waals surface area contributed by atoms with Crippen molar-refractivity contribution in [2.24, 2.45) is 0 Å². The Hall–Kier alpha value is -0.860. The molecule has 1 aromatic rings. The summed E-state index contributed by atoms with van der Waals surface area (Å²) in [6, 6.07) is 6.66. The van der Waals surface area contributed by atoms with Crippen LogP contribution in [0, 0.1) is 0 Å². The van der Waals surface area contributed by atoms with Crippen molar-refractivity contribution in [2.45, 2.75) is 19.5 Å². The van der Waals surface area contributed by atoms with Crippen LogP contribution in [0.4, 0.5) is 0 Å². The second-order valence-electron chi connectivity index (χ2n) is 4.22. The van der Waals surface area contributed by atoms with Crippen LogP contribution in [0.25, 0.3) is 0 Å². The summed E-state index contributed by atoms with van der Waals surface area (Å²) >= 11 is 0. The molecule has 76 valence electrons. The van der Waals surface area contributed by atoms with Gasteiger partial charge in [-0.2, -0.15) is 0 Å². The predicted molar refractivity (Wildman–Crippen MR) is 59.2 cm³/mol. The number of nitrogens with zero attached hydrogens (tertiary/aromatic N) is 1. The van der Waals surface area contributed by atoms with E-state index >= 15 is 0 Å². The van der Waals surface area contributed by atoms with Crippen LogP contribution < -0.4 is 5.32 Å². The number of fused-ring (bicyclic) bond motifs is 1. The molecular formula is C12H18N2. The van der Waals surface area contributed by atoms with Crippen LogP contribution in [-0.2, 0) is 19.5 Å². The minimum atomic E-state index is 1.04. The zero-order valence-corrected chi connectivity index (χ0v) is 9.01. The monoisotopic (exact) mass is 190 g/mol. The van der Waals surface area contributed by atoms with Crippen LogP contribution in [0.15, 0.2) is 18.2 Å². The molecule has 0 saturated heterocycles. The lowest BCUT2D eigenvalue weighted by molar-refractivity contribution is 0.399. The molecule has 0 saturated carbocycles. The summed E-state index contributed by atoms with van der Waals surface area (Å²) < 4.78 is 0. The second-order valence-corrected chi connectivity index (χ2v) is 4.22. The minimum absolute atomic E-state index is 1.04. The first-order valence-corrected chi connectivity index (χ1v) is 5.22. The number of hydrogen-bond acceptors (Lipinski definition) is 2. The largest absolute Gasteiger partial charge is 0.312 e. The first-order chi connectivity index (χ1) is 6.77. The maximum atomic E-state index is 3.41. The number of nitrogens with one attached hydrogen (secondary N) is 1. The van der Waals surface area contributed by atoms with E-state index in [1.54, 1.807) is 5.56 Å². The van der Waals surface area contributed by atoms with Crippen molar-refractivity contribution in [2.75, 3.05) is 20.6 Å². The van der Waals surface area contributed by atoms with Gasteiger partial charge in [-0.25, -0.2) is 0 Å². The van der Waals surface area contributed by atoms with Crippen LogP contribution in [0.2, 0.25) is 0 Å². The molecular weight excluding hydrogens is 172 g/mol. The average Bonchev–Trinajstić information content (AvgIpc) is 2.18.